The van der Waals surface area contributed by atoms with E-state index in [9.17, 15) is 4.79 Å². The lowest BCUT2D eigenvalue weighted by atomic mass is 10.1. The Balaban J connectivity index is 1.97. The number of aromatic nitrogens is 3. The molecule has 0 aliphatic carbocycles. The zero-order chi connectivity index (χ0) is 19.6. The number of amides is 1. The van der Waals surface area contributed by atoms with Crippen LogP contribution in [0, 0.1) is 13.8 Å². The van der Waals surface area contributed by atoms with Crippen LogP contribution in [-0.4, -0.2) is 33.9 Å². The van der Waals surface area contributed by atoms with Gasteiger partial charge in [-0.1, -0.05) is 0 Å². The van der Waals surface area contributed by atoms with E-state index < -0.39 is 0 Å². The highest BCUT2D eigenvalue weighted by atomic mass is 16.5. The second kappa shape index (κ2) is 7.65. The summed E-state index contributed by atoms with van der Waals surface area (Å²) < 4.78 is 12.9. The highest BCUT2D eigenvalue weighted by Crippen LogP contribution is 2.30. The molecule has 3 aromatic rings. The van der Waals surface area contributed by atoms with Crippen LogP contribution in [0.1, 0.15) is 35.6 Å². The standard InChI is InChI=1S/C20H24N4O3/c1-6-26-14-8-9-18(27-7-2)17(10-14)22-20(25)16-11-15-13(4)23-24(5)19(15)21-12(16)3/h8-11H,6-7H2,1-5H3,(H,22,25). The normalized spacial score (nSPS) is 10.9. The molecule has 0 aliphatic heterocycles. The summed E-state index contributed by atoms with van der Waals surface area (Å²) in [6, 6.07) is 7.22. The van der Waals surface area contributed by atoms with Crippen molar-refractivity contribution >= 4 is 22.6 Å². The van der Waals surface area contributed by atoms with Gasteiger partial charge in [0, 0.05) is 18.5 Å². The Labute approximate surface area is 158 Å². The molecule has 3 rings (SSSR count). The molecule has 0 spiro atoms. The number of nitrogens with one attached hydrogen (secondary N) is 1. The molecule has 7 heteroatoms. The molecule has 0 atom stereocenters. The summed E-state index contributed by atoms with van der Waals surface area (Å²) in [5.41, 5.74) is 3.30. The zero-order valence-corrected chi connectivity index (χ0v) is 16.3. The number of hydrogen-bond donors (Lipinski definition) is 1. The van der Waals surface area contributed by atoms with E-state index in [0.29, 0.717) is 41.7 Å². The molecule has 7 nitrogen and oxygen atoms in total. The first kappa shape index (κ1) is 18.7. The Morgan fingerprint density at radius 2 is 1.85 bits per heavy atom. The predicted molar refractivity (Wildman–Crippen MR) is 105 cm³/mol. The minimum Gasteiger partial charge on any atom is -0.494 e. The zero-order valence-electron chi connectivity index (χ0n) is 16.3. The molecule has 1 aromatic carbocycles. The van der Waals surface area contributed by atoms with Crippen molar-refractivity contribution in [2.75, 3.05) is 18.5 Å². The second-order valence-corrected chi connectivity index (χ2v) is 6.18. The monoisotopic (exact) mass is 368 g/mol. The van der Waals surface area contributed by atoms with Crippen LogP contribution in [0.2, 0.25) is 0 Å². The van der Waals surface area contributed by atoms with Crippen molar-refractivity contribution in [3.63, 3.8) is 0 Å². The van der Waals surface area contributed by atoms with E-state index in [1.807, 2.05) is 46.9 Å². The molecular formula is C20H24N4O3. The van der Waals surface area contributed by atoms with Crippen LogP contribution in [0.5, 0.6) is 11.5 Å². The quantitative estimate of drug-likeness (QED) is 0.719. The van der Waals surface area contributed by atoms with Crippen molar-refractivity contribution in [1.82, 2.24) is 14.8 Å². The Hall–Kier alpha value is -3.09. The van der Waals surface area contributed by atoms with Gasteiger partial charge in [-0.05, 0) is 45.9 Å². The maximum Gasteiger partial charge on any atom is 0.257 e. The number of carbonyl (C=O) groups excluding carboxylic acids is 1. The van der Waals surface area contributed by atoms with Crippen molar-refractivity contribution in [2.45, 2.75) is 27.7 Å². The lowest BCUT2D eigenvalue weighted by molar-refractivity contribution is 0.102. The molecule has 0 fully saturated rings. The van der Waals surface area contributed by atoms with Gasteiger partial charge in [0.15, 0.2) is 5.65 Å². The molecule has 142 valence electrons. The Bertz CT molecular complexity index is 995. The van der Waals surface area contributed by atoms with Crippen molar-refractivity contribution in [2.24, 2.45) is 7.05 Å². The number of nitrogens with zero attached hydrogens (tertiary/aromatic N) is 3. The molecule has 1 amide bonds. The second-order valence-electron chi connectivity index (χ2n) is 6.18. The van der Waals surface area contributed by atoms with E-state index in [0.717, 1.165) is 16.7 Å². The van der Waals surface area contributed by atoms with Crippen LogP contribution in [0.25, 0.3) is 11.0 Å². The number of fused-ring (bicyclic) bond motifs is 1. The third-order valence-electron chi connectivity index (χ3n) is 4.24. The SMILES string of the molecule is CCOc1ccc(OCC)c(NC(=O)c2cc3c(C)nn(C)c3nc2C)c1. The number of anilines is 1. The molecule has 0 saturated heterocycles. The number of benzene rings is 1. The topological polar surface area (TPSA) is 78.3 Å². The first-order valence-corrected chi connectivity index (χ1v) is 8.96. The molecular weight excluding hydrogens is 344 g/mol. The number of hydrogen-bond acceptors (Lipinski definition) is 5. The number of ether oxygens (including phenoxy) is 2. The van der Waals surface area contributed by atoms with Gasteiger partial charge in [0.25, 0.3) is 5.91 Å². The van der Waals surface area contributed by atoms with Gasteiger partial charge in [0.2, 0.25) is 0 Å². The summed E-state index contributed by atoms with van der Waals surface area (Å²) in [6.07, 6.45) is 0. The summed E-state index contributed by atoms with van der Waals surface area (Å²) in [5, 5.41) is 8.17. The van der Waals surface area contributed by atoms with Crippen LogP contribution >= 0.6 is 0 Å². The van der Waals surface area contributed by atoms with Crippen LogP contribution in [0.4, 0.5) is 5.69 Å². The van der Waals surface area contributed by atoms with Gasteiger partial charge in [-0.2, -0.15) is 5.10 Å². The van der Waals surface area contributed by atoms with E-state index in [1.165, 1.54) is 0 Å². The van der Waals surface area contributed by atoms with Gasteiger partial charge in [0.05, 0.1) is 35.9 Å². The van der Waals surface area contributed by atoms with Crippen molar-refractivity contribution < 1.29 is 14.3 Å². The average molecular weight is 368 g/mol. The maximum atomic E-state index is 12.9. The van der Waals surface area contributed by atoms with Gasteiger partial charge < -0.3 is 14.8 Å². The van der Waals surface area contributed by atoms with E-state index in [2.05, 4.69) is 15.4 Å². The van der Waals surface area contributed by atoms with Crippen LogP contribution in [0.15, 0.2) is 24.3 Å². The smallest absolute Gasteiger partial charge is 0.257 e. The summed E-state index contributed by atoms with van der Waals surface area (Å²) in [4.78, 5) is 17.5. The maximum absolute atomic E-state index is 12.9. The summed E-state index contributed by atoms with van der Waals surface area (Å²) >= 11 is 0. The Morgan fingerprint density at radius 3 is 2.56 bits per heavy atom. The number of rotatable bonds is 6. The molecule has 0 aliphatic rings. The van der Waals surface area contributed by atoms with E-state index in [1.54, 1.807) is 16.8 Å². The van der Waals surface area contributed by atoms with Crippen molar-refractivity contribution in [1.29, 1.82) is 0 Å². The average Bonchev–Trinajstić information content (AvgIpc) is 2.90. The third kappa shape index (κ3) is 3.72. The molecule has 0 bridgehead atoms. The van der Waals surface area contributed by atoms with Crippen LogP contribution in [0.3, 0.4) is 0 Å². The molecule has 27 heavy (non-hydrogen) atoms. The van der Waals surface area contributed by atoms with Gasteiger partial charge in [-0.3, -0.25) is 9.48 Å². The predicted octanol–water partition coefficient (Wildman–Crippen LogP) is 3.63. The van der Waals surface area contributed by atoms with E-state index in [-0.39, 0.29) is 5.91 Å². The van der Waals surface area contributed by atoms with Crippen LogP contribution in [-0.2, 0) is 7.05 Å². The summed E-state index contributed by atoms with van der Waals surface area (Å²) in [6.45, 7) is 8.57. The summed E-state index contributed by atoms with van der Waals surface area (Å²) in [7, 11) is 1.84. The highest BCUT2D eigenvalue weighted by molar-refractivity contribution is 6.07. The van der Waals surface area contributed by atoms with Crippen molar-refractivity contribution in [3.05, 3.63) is 41.2 Å². The first-order valence-electron chi connectivity index (χ1n) is 8.96. The fourth-order valence-corrected chi connectivity index (χ4v) is 3.00. The van der Waals surface area contributed by atoms with Gasteiger partial charge in [-0.25, -0.2) is 4.98 Å². The highest BCUT2D eigenvalue weighted by Gasteiger charge is 2.17. The Morgan fingerprint density at radius 1 is 1.11 bits per heavy atom. The third-order valence-corrected chi connectivity index (χ3v) is 4.24. The fourth-order valence-electron chi connectivity index (χ4n) is 3.00. The molecule has 0 saturated carbocycles. The molecule has 0 unspecified atom stereocenters. The number of pyridine rings is 1. The minimum atomic E-state index is -0.250. The molecule has 2 heterocycles. The van der Waals surface area contributed by atoms with Gasteiger partial charge in [-0.15, -0.1) is 0 Å². The lowest BCUT2D eigenvalue weighted by Gasteiger charge is -2.14. The van der Waals surface area contributed by atoms with Gasteiger partial charge >= 0.3 is 0 Å². The van der Waals surface area contributed by atoms with E-state index in [4.69, 9.17) is 9.47 Å². The Kier molecular flexibility index (Phi) is 5.30. The number of carbonyl (C=O) groups is 1. The summed E-state index contributed by atoms with van der Waals surface area (Å²) in [5.74, 6) is 1.02. The van der Waals surface area contributed by atoms with E-state index >= 15 is 0 Å². The number of aryl methyl sites for hydroxylation is 3. The first-order chi connectivity index (χ1) is 12.9. The largest absolute Gasteiger partial charge is 0.494 e. The molecule has 2 aromatic heterocycles. The molecule has 1 N–H and O–H groups in total. The van der Waals surface area contributed by atoms with Crippen molar-refractivity contribution in [3.8, 4) is 11.5 Å². The molecule has 0 radical (unpaired) electrons. The minimum absolute atomic E-state index is 0.250. The lowest BCUT2D eigenvalue weighted by Crippen LogP contribution is -2.15. The fraction of sp³-hybridized carbons (Fsp3) is 0.350. The van der Waals surface area contributed by atoms with Crippen LogP contribution < -0.4 is 14.8 Å². The van der Waals surface area contributed by atoms with Gasteiger partial charge in [0.1, 0.15) is 11.5 Å².